The van der Waals surface area contributed by atoms with Crippen molar-refractivity contribution in [2.24, 2.45) is 13.0 Å². The molecular formula is C21H26N8O. The van der Waals surface area contributed by atoms with Crippen molar-refractivity contribution in [3.05, 3.63) is 42.0 Å². The number of rotatable bonds is 5. The maximum atomic E-state index is 6.22. The Hall–Kier alpha value is -3.20. The summed E-state index contributed by atoms with van der Waals surface area (Å²) in [5, 5.41) is 16.1. The van der Waals surface area contributed by atoms with Gasteiger partial charge in [-0.15, -0.1) is 5.10 Å². The molecule has 0 aliphatic carbocycles. The summed E-state index contributed by atoms with van der Waals surface area (Å²) < 4.78 is 9.77. The third-order valence-corrected chi connectivity index (χ3v) is 5.83. The number of piperidine rings is 1. The van der Waals surface area contributed by atoms with Gasteiger partial charge in [0.1, 0.15) is 5.76 Å². The van der Waals surface area contributed by atoms with Crippen LogP contribution in [0.25, 0.3) is 28.8 Å². The minimum Gasteiger partial charge on any atom is -0.456 e. The van der Waals surface area contributed by atoms with E-state index in [9.17, 15) is 0 Å². The van der Waals surface area contributed by atoms with Crippen molar-refractivity contribution in [1.29, 1.82) is 0 Å². The predicted molar refractivity (Wildman–Crippen MR) is 112 cm³/mol. The minimum absolute atomic E-state index is 0.598. The molecule has 4 aromatic rings. The highest BCUT2D eigenvalue weighted by Gasteiger charge is 2.22. The molecule has 1 fully saturated rings. The Labute approximate surface area is 174 Å². The number of H-pyrrole nitrogens is 1. The van der Waals surface area contributed by atoms with Crippen LogP contribution in [0, 0.1) is 12.8 Å². The van der Waals surface area contributed by atoms with Crippen molar-refractivity contribution in [3.8, 4) is 28.8 Å². The van der Waals surface area contributed by atoms with Crippen molar-refractivity contribution < 1.29 is 4.42 Å². The number of furan rings is 1. The van der Waals surface area contributed by atoms with Crippen LogP contribution in [0.15, 0.2) is 35.0 Å². The maximum absolute atomic E-state index is 6.22. The van der Waals surface area contributed by atoms with Crippen molar-refractivity contribution in [1.82, 2.24) is 39.6 Å². The lowest BCUT2D eigenvalue weighted by atomic mass is 9.99. The van der Waals surface area contributed by atoms with Crippen molar-refractivity contribution in [3.63, 3.8) is 0 Å². The lowest BCUT2D eigenvalue weighted by Gasteiger charge is -2.29. The van der Waals surface area contributed by atoms with E-state index < -0.39 is 0 Å². The van der Waals surface area contributed by atoms with E-state index in [4.69, 9.17) is 14.5 Å². The number of nitrogens with zero attached hydrogens (tertiary/aromatic N) is 7. The molecule has 0 bridgehead atoms. The van der Waals surface area contributed by atoms with Gasteiger partial charge < -0.3 is 4.42 Å². The van der Waals surface area contributed by atoms with E-state index in [2.05, 4.69) is 27.1 Å². The average Bonchev–Trinajstić information content (AvgIpc) is 3.50. The molecule has 0 spiro atoms. The first kappa shape index (κ1) is 18.8. The number of aromatic nitrogens is 7. The van der Waals surface area contributed by atoms with E-state index in [1.54, 1.807) is 21.8 Å². The van der Waals surface area contributed by atoms with Crippen LogP contribution in [0.3, 0.4) is 0 Å². The molecule has 1 aliphatic heterocycles. The number of likely N-dealkylation sites (tertiary alicyclic amines) is 1. The van der Waals surface area contributed by atoms with Gasteiger partial charge >= 0.3 is 0 Å². The van der Waals surface area contributed by atoms with Crippen LogP contribution in [0.2, 0.25) is 0 Å². The van der Waals surface area contributed by atoms with Crippen LogP contribution in [0.1, 0.15) is 31.2 Å². The standard InChI is InChI=1S/C21H26N8O/c1-14-7-10-28(11-8-14)13-16-4-5-18(30-16)21-24-20(17-12-22-25-15(17)2)26-29(21)19-6-9-23-27(19)3/h4-6,9,12,14H,7-8,10-11,13H2,1-3H3,(H,22,25). The van der Waals surface area contributed by atoms with Gasteiger partial charge in [0, 0.05) is 18.8 Å². The molecule has 4 aromatic heterocycles. The van der Waals surface area contributed by atoms with Gasteiger partial charge in [-0.3, -0.25) is 14.7 Å². The molecule has 0 aromatic carbocycles. The lowest BCUT2D eigenvalue weighted by molar-refractivity contribution is 0.174. The topological polar surface area (TPSA) is 93.6 Å². The molecular weight excluding hydrogens is 380 g/mol. The Balaban J connectivity index is 1.49. The Morgan fingerprint density at radius 2 is 2.03 bits per heavy atom. The maximum Gasteiger partial charge on any atom is 0.201 e. The summed E-state index contributed by atoms with van der Waals surface area (Å²) in [5.74, 6) is 4.51. The molecule has 30 heavy (non-hydrogen) atoms. The van der Waals surface area contributed by atoms with Crippen LogP contribution in [0.4, 0.5) is 0 Å². The van der Waals surface area contributed by atoms with E-state index in [0.29, 0.717) is 17.4 Å². The molecule has 5 heterocycles. The van der Waals surface area contributed by atoms with Crippen LogP contribution >= 0.6 is 0 Å². The van der Waals surface area contributed by atoms with Gasteiger partial charge in [-0.1, -0.05) is 6.92 Å². The third-order valence-electron chi connectivity index (χ3n) is 5.83. The lowest BCUT2D eigenvalue weighted by Crippen LogP contribution is -2.32. The fourth-order valence-electron chi connectivity index (χ4n) is 3.92. The SMILES string of the molecule is Cc1[nH]ncc1-c1nc(-c2ccc(CN3CCC(C)CC3)o2)n(-c2ccnn2C)n1. The number of hydrogen-bond donors (Lipinski definition) is 1. The molecule has 9 nitrogen and oxygen atoms in total. The molecule has 1 N–H and O–H groups in total. The summed E-state index contributed by atoms with van der Waals surface area (Å²) in [6, 6.07) is 5.92. The molecule has 1 aliphatic rings. The molecule has 1 saturated heterocycles. The highest BCUT2D eigenvalue weighted by atomic mass is 16.3. The van der Waals surface area contributed by atoms with Gasteiger partial charge in [0.2, 0.25) is 5.82 Å². The van der Waals surface area contributed by atoms with Crippen molar-refractivity contribution in [2.75, 3.05) is 13.1 Å². The van der Waals surface area contributed by atoms with Gasteiger partial charge in [-0.2, -0.15) is 14.9 Å². The third kappa shape index (κ3) is 3.45. The number of nitrogens with one attached hydrogen (secondary N) is 1. The second kappa shape index (κ2) is 7.56. The smallest absolute Gasteiger partial charge is 0.201 e. The van der Waals surface area contributed by atoms with Gasteiger partial charge in [0.15, 0.2) is 17.4 Å². The average molecular weight is 406 g/mol. The zero-order chi connectivity index (χ0) is 20.7. The zero-order valence-corrected chi connectivity index (χ0v) is 17.5. The number of aryl methyl sites for hydroxylation is 2. The first-order valence-electron chi connectivity index (χ1n) is 10.4. The van der Waals surface area contributed by atoms with Crippen LogP contribution < -0.4 is 0 Å². The summed E-state index contributed by atoms with van der Waals surface area (Å²) in [4.78, 5) is 7.25. The van der Waals surface area contributed by atoms with E-state index in [1.807, 2.05) is 32.2 Å². The van der Waals surface area contributed by atoms with Crippen LogP contribution in [-0.4, -0.2) is 52.7 Å². The molecule has 0 amide bonds. The molecule has 9 heteroatoms. The zero-order valence-electron chi connectivity index (χ0n) is 17.5. The molecule has 5 rings (SSSR count). The van der Waals surface area contributed by atoms with Crippen LogP contribution in [0.5, 0.6) is 0 Å². The number of hydrogen-bond acceptors (Lipinski definition) is 6. The van der Waals surface area contributed by atoms with E-state index in [-0.39, 0.29) is 0 Å². The normalized spacial score (nSPS) is 15.8. The van der Waals surface area contributed by atoms with Gasteiger partial charge in [-0.05, 0) is 50.9 Å². The van der Waals surface area contributed by atoms with E-state index in [1.165, 1.54) is 12.8 Å². The Kier molecular flexibility index (Phi) is 4.74. The van der Waals surface area contributed by atoms with Gasteiger partial charge in [0.05, 0.1) is 24.5 Å². The van der Waals surface area contributed by atoms with Gasteiger partial charge in [0.25, 0.3) is 0 Å². The molecule has 0 unspecified atom stereocenters. The Morgan fingerprint density at radius 1 is 1.20 bits per heavy atom. The first-order chi connectivity index (χ1) is 14.6. The largest absolute Gasteiger partial charge is 0.456 e. The summed E-state index contributed by atoms with van der Waals surface area (Å²) in [6.07, 6.45) is 5.98. The summed E-state index contributed by atoms with van der Waals surface area (Å²) in [5.41, 5.74) is 1.79. The summed E-state index contributed by atoms with van der Waals surface area (Å²) in [6.45, 7) is 7.34. The monoisotopic (exact) mass is 406 g/mol. The van der Waals surface area contributed by atoms with E-state index >= 15 is 0 Å². The first-order valence-corrected chi connectivity index (χ1v) is 10.4. The summed E-state index contributed by atoms with van der Waals surface area (Å²) in [7, 11) is 1.88. The summed E-state index contributed by atoms with van der Waals surface area (Å²) >= 11 is 0. The molecule has 0 radical (unpaired) electrons. The Bertz CT molecular complexity index is 1140. The molecule has 156 valence electrons. The quantitative estimate of drug-likeness (QED) is 0.547. The highest BCUT2D eigenvalue weighted by molar-refractivity contribution is 5.61. The predicted octanol–water partition coefficient (Wildman–Crippen LogP) is 3.19. The minimum atomic E-state index is 0.598. The van der Waals surface area contributed by atoms with E-state index in [0.717, 1.165) is 48.4 Å². The molecule has 0 atom stereocenters. The Morgan fingerprint density at radius 3 is 2.73 bits per heavy atom. The second-order valence-corrected chi connectivity index (χ2v) is 8.12. The number of aromatic amines is 1. The van der Waals surface area contributed by atoms with Crippen molar-refractivity contribution >= 4 is 0 Å². The van der Waals surface area contributed by atoms with Crippen LogP contribution in [-0.2, 0) is 13.6 Å². The van der Waals surface area contributed by atoms with Gasteiger partial charge in [-0.25, -0.2) is 4.98 Å². The van der Waals surface area contributed by atoms with Crippen molar-refractivity contribution in [2.45, 2.75) is 33.2 Å². The second-order valence-electron chi connectivity index (χ2n) is 8.12. The molecule has 0 saturated carbocycles. The highest BCUT2D eigenvalue weighted by Crippen LogP contribution is 2.28. The fourth-order valence-corrected chi connectivity index (χ4v) is 3.92. The fraction of sp³-hybridized carbons (Fsp3) is 0.429.